The SMILES string of the molecule is CC(C)C1(C(=O)NC(C(=O)O)C2CC2)CCNC1. The molecule has 2 atom stereocenters. The van der Waals surface area contributed by atoms with E-state index in [1.54, 1.807) is 0 Å². The maximum Gasteiger partial charge on any atom is 0.326 e. The summed E-state index contributed by atoms with van der Waals surface area (Å²) in [5.74, 6) is -0.663. The molecule has 0 aromatic heterocycles. The molecule has 1 saturated carbocycles. The quantitative estimate of drug-likeness (QED) is 0.671. The molecule has 0 aromatic rings. The monoisotopic (exact) mass is 254 g/mol. The van der Waals surface area contributed by atoms with E-state index in [-0.39, 0.29) is 17.7 Å². The van der Waals surface area contributed by atoms with E-state index in [9.17, 15) is 9.59 Å². The second-order valence-corrected chi connectivity index (χ2v) is 5.86. The third-order valence-corrected chi connectivity index (χ3v) is 4.39. The van der Waals surface area contributed by atoms with Gasteiger partial charge in [-0.05, 0) is 37.6 Å². The highest BCUT2D eigenvalue weighted by Gasteiger charge is 2.46. The molecule has 1 amide bonds. The van der Waals surface area contributed by atoms with Gasteiger partial charge in [-0.1, -0.05) is 13.8 Å². The third kappa shape index (κ3) is 2.36. The zero-order valence-electron chi connectivity index (χ0n) is 11.0. The summed E-state index contributed by atoms with van der Waals surface area (Å²) < 4.78 is 0. The molecule has 102 valence electrons. The Kier molecular flexibility index (Phi) is 3.61. The molecule has 3 N–H and O–H groups in total. The smallest absolute Gasteiger partial charge is 0.326 e. The van der Waals surface area contributed by atoms with Crippen LogP contribution in [0.5, 0.6) is 0 Å². The van der Waals surface area contributed by atoms with E-state index in [0.717, 1.165) is 25.8 Å². The first-order chi connectivity index (χ1) is 8.47. The Balaban J connectivity index is 2.07. The number of carboxylic acid groups (broad SMARTS) is 1. The number of carboxylic acids is 1. The van der Waals surface area contributed by atoms with Crippen LogP contribution in [0.25, 0.3) is 0 Å². The minimum atomic E-state index is -0.907. The van der Waals surface area contributed by atoms with Crippen LogP contribution in [0.2, 0.25) is 0 Å². The minimum absolute atomic E-state index is 0.0956. The molecular formula is C13H22N2O3. The maximum atomic E-state index is 12.4. The van der Waals surface area contributed by atoms with Gasteiger partial charge in [-0.15, -0.1) is 0 Å². The van der Waals surface area contributed by atoms with Crippen LogP contribution in [0.1, 0.15) is 33.1 Å². The normalized spacial score (nSPS) is 29.3. The average Bonchev–Trinajstić information content (AvgIpc) is 3.00. The molecule has 1 heterocycles. The number of hydrogen-bond acceptors (Lipinski definition) is 3. The molecule has 2 unspecified atom stereocenters. The number of carbonyl (C=O) groups excluding carboxylic acids is 1. The van der Waals surface area contributed by atoms with Crippen molar-refractivity contribution in [1.82, 2.24) is 10.6 Å². The molecule has 0 aromatic carbocycles. The van der Waals surface area contributed by atoms with Crippen LogP contribution in [0, 0.1) is 17.3 Å². The fourth-order valence-corrected chi connectivity index (χ4v) is 2.76. The summed E-state index contributed by atoms with van der Waals surface area (Å²) in [6, 6.07) is -0.700. The van der Waals surface area contributed by atoms with Crippen molar-refractivity contribution in [2.24, 2.45) is 17.3 Å². The molecule has 5 heteroatoms. The van der Waals surface area contributed by atoms with Crippen LogP contribution in [-0.2, 0) is 9.59 Å². The van der Waals surface area contributed by atoms with Crippen molar-refractivity contribution in [2.45, 2.75) is 39.2 Å². The molecule has 1 saturated heterocycles. The van der Waals surface area contributed by atoms with Crippen molar-refractivity contribution in [3.05, 3.63) is 0 Å². The van der Waals surface area contributed by atoms with Crippen molar-refractivity contribution in [3.8, 4) is 0 Å². The first-order valence-corrected chi connectivity index (χ1v) is 6.72. The van der Waals surface area contributed by atoms with Gasteiger partial charge in [0.1, 0.15) is 6.04 Å². The largest absolute Gasteiger partial charge is 0.480 e. The van der Waals surface area contributed by atoms with E-state index in [1.807, 2.05) is 13.8 Å². The topological polar surface area (TPSA) is 78.4 Å². The summed E-state index contributed by atoms with van der Waals surface area (Å²) in [5, 5.41) is 15.1. The van der Waals surface area contributed by atoms with E-state index in [0.29, 0.717) is 6.54 Å². The van der Waals surface area contributed by atoms with Gasteiger partial charge in [0.15, 0.2) is 0 Å². The Morgan fingerprint density at radius 2 is 2.06 bits per heavy atom. The molecular weight excluding hydrogens is 232 g/mol. The van der Waals surface area contributed by atoms with Gasteiger partial charge in [0.25, 0.3) is 0 Å². The van der Waals surface area contributed by atoms with Crippen molar-refractivity contribution in [1.29, 1.82) is 0 Å². The standard InChI is InChI=1S/C13H22N2O3/c1-8(2)13(5-6-14-7-13)12(18)15-10(11(16)17)9-3-4-9/h8-10,14H,3-7H2,1-2H3,(H,15,18)(H,16,17). The van der Waals surface area contributed by atoms with Crippen LogP contribution < -0.4 is 10.6 Å². The van der Waals surface area contributed by atoms with Gasteiger partial charge in [-0.2, -0.15) is 0 Å². The lowest BCUT2D eigenvalue weighted by Crippen LogP contribution is -2.52. The Bertz CT molecular complexity index is 344. The summed E-state index contributed by atoms with van der Waals surface area (Å²) >= 11 is 0. The van der Waals surface area contributed by atoms with Gasteiger partial charge >= 0.3 is 5.97 Å². The predicted molar refractivity (Wildman–Crippen MR) is 67.0 cm³/mol. The summed E-state index contributed by atoms with van der Waals surface area (Å²) in [5.41, 5.74) is -0.442. The van der Waals surface area contributed by atoms with Gasteiger partial charge < -0.3 is 15.7 Å². The van der Waals surface area contributed by atoms with Crippen molar-refractivity contribution in [2.75, 3.05) is 13.1 Å². The summed E-state index contributed by atoms with van der Waals surface area (Å²) in [4.78, 5) is 23.6. The maximum absolute atomic E-state index is 12.4. The van der Waals surface area contributed by atoms with E-state index in [2.05, 4.69) is 10.6 Å². The van der Waals surface area contributed by atoms with Gasteiger partial charge in [0, 0.05) is 6.54 Å². The summed E-state index contributed by atoms with van der Waals surface area (Å²) in [6.45, 7) is 5.53. The Labute approximate surface area is 107 Å². The number of nitrogens with one attached hydrogen (secondary N) is 2. The Hall–Kier alpha value is -1.10. The van der Waals surface area contributed by atoms with E-state index >= 15 is 0 Å². The summed E-state index contributed by atoms with van der Waals surface area (Å²) in [6.07, 6.45) is 2.60. The highest BCUT2D eigenvalue weighted by atomic mass is 16.4. The van der Waals surface area contributed by atoms with Crippen molar-refractivity contribution >= 4 is 11.9 Å². The number of aliphatic carboxylic acids is 1. The van der Waals surface area contributed by atoms with Crippen molar-refractivity contribution in [3.63, 3.8) is 0 Å². The van der Waals surface area contributed by atoms with Crippen LogP contribution in [0.4, 0.5) is 0 Å². The highest BCUT2D eigenvalue weighted by molar-refractivity contribution is 5.88. The molecule has 2 rings (SSSR count). The van der Waals surface area contributed by atoms with Gasteiger partial charge in [-0.25, -0.2) is 4.79 Å². The predicted octanol–water partition coefficient (Wildman–Crippen LogP) is 0.601. The summed E-state index contributed by atoms with van der Waals surface area (Å²) in [7, 11) is 0. The van der Waals surface area contributed by atoms with Crippen LogP contribution in [-0.4, -0.2) is 36.1 Å². The van der Waals surface area contributed by atoms with Gasteiger partial charge in [0.2, 0.25) is 5.91 Å². The molecule has 0 bridgehead atoms. The zero-order chi connectivity index (χ0) is 13.3. The lowest BCUT2D eigenvalue weighted by atomic mass is 9.75. The number of amides is 1. The average molecular weight is 254 g/mol. The molecule has 2 aliphatic rings. The fourth-order valence-electron chi connectivity index (χ4n) is 2.76. The van der Waals surface area contributed by atoms with Gasteiger partial charge in [-0.3, -0.25) is 4.79 Å². The number of rotatable bonds is 5. The molecule has 5 nitrogen and oxygen atoms in total. The first-order valence-electron chi connectivity index (χ1n) is 6.72. The molecule has 18 heavy (non-hydrogen) atoms. The zero-order valence-corrected chi connectivity index (χ0v) is 11.0. The second-order valence-electron chi connectivity index (χ2n) is 5.86. The van der Waals surface area contributed by atoms with Crippen LogP contribution in [0.15, 0.2) is 0 Å². The Morgan fingerprint density at radius 1 is 1.39 bits per heavy atom. The van der Waals surface area contributed by atoms with Crippen molar-refractivity contribution < 1.29 is 14.7 Å². The third-order valence-electron chi connectivity index (χ3n) is 4.39. The molecule has 2 fully saturated rings. The lowest BCUT2D eigenvalue weighted by molar-refractivity contribution is -0.145. The molecule has 0 spiro atoms. The highest BCUT2D eigenvalue weighted by Crippen LogP contribution is 2.37. The van der Waals surface area contributed by atoms with E-state index < -0.39 is 17.4 Å². The van der Waals surface area contributed by atoms with E-state index in [1.165, 1.54) is 0 Å². The number of hydrogen-bond donors (Lipinski definition) is 3. The Morgan fingerprint density at radius 3 is 2.44 bits per heavy atom. The molecule has 1 aliphatic carbocycles. The van der Waals surface area contributed by atoms with E-state index in [4.69, 9.17) is 5.11 Å². The minimum Gasteiger partial charge on any atom is -0.480 e. The molecule has 0 radical (unpaired) electrons. The van der Waals surface area contributed by atoms with Gasteiger partial charge in [0.05, 0.1) is 5.41 Å². The van der Waals surface area contributed by atoms with Crippen LogP contribution in [0.3, 0.4) is 0 Å². The second kappa shape index (κ2) is 4.88. The fraction of sp³-hybridized carbons (Fsp3) is 0.846. The molecule has 1 aliphatic heterocycles. The number of carbonyl (C=O) groups is 2. The first kappa shape index (κ1) is 13.3. The lowest BCUT2D eigenvalue weighted by Gasteiger charge is -2.32. The van der Waals surface area contributed by atoms with Crippen LogP contribution >= 0.6 is 0 Å².